The van der Waals surface area contributed by atoms with Crippen LogP contribution >= 0.6 is 11.6 Å². The van der Waals surface area contributed by atoms with Crippen LogP contribution in [0.5, 0.6) is 0 Å². The molecule has 0 aliphatic heterocycles. The van der Waals surface area contributed by atoms with Gasteiger partial charge in [-0.05, 0) is 25.5 Å². The van der Waals surface area contributed by atoms with Gasteiger partial charge in [0.15, 0.2) is 5.65 Å². The minimum absolute atomic E-state index is 0.602. The standard InChI is InChI=1S/C15H14ClN3/c1-10-8-14(16)19-15(17-10)13(11(2)18-19)9-12-6-4-3-5-7-12/h3-8H,9H2,1-2H3. The highest BCUT2D eigenvalue weighted by molar-refractivity contribution is 6.29. The molecule has 4 heteroatoms. The fraction of sp³-hybridized carbons (Fsp3) is 0.200. The fourth-order valence-corrected chi connectivity index (χ4v) is 2.53. The summed E-state index contributed by atoms with van der Waals surface area (Å²) in [5.74, 6) is 0. The van der Waals surface area contributed by atoms with E-state index >= 15 is 0 Å². The van der Waals surface area contributed by atoms with Crippen LogP contribution in [0.25, 0.3) is 5.65 Å². The third-order valence-electron chi connectivity index (χ3n) is 3.19. The summed E-state index contributed by atoms with van der Waals surface area (Å²) in [4.78, 5) is 4.57. The molecule has 0 saturated carbocycles. The second-order valence-electron chi connectivity index (χ2n) is 4.68. The molecule has 2 heterocycles. The molecule has 0 radical (unpaired) electrons. The summed E-state index contributed by atoms with van der Waals surface area (Å²) in [7, 11) is 0. The van der Waals surface area contributed by atoms with Crippen molar-refractivity contribution in [1.82, 2.24) is 14.6 Å². The molecule has 0 aliphatic rings. The van der Waals surface area contributed by atoms with Gasteiger partial charge in [-0.3, -0.25) is 0 Å². The van der Waals surface area contributed by atoms with Gasteiger partial charge in [0.1, 0.15) is 5.15 Å². The fourth-order valence-electron chi connectivity index (χ4n) is 2.25. The molecule has 0 aliphatic carbocycles. The van der Waals surface area contributed by atoms with Crippen molar-refractivity contribution < 1.29 is 0 Å². The van der Waals surface area contributed by atoms with Gasteiger partial charge in [0.25, 0.3) is 0 Å². The molecule has 0 amide bonds. The molecule has 3 nitrogen and oxygen atoms in total. The maximum absolute atomic E-state index is 6.21. The van der Waals surface area contributed by atoms with Crippen LogP contribution in [0.3, 0.4) is 0 Å². The van der Waals surface area contributed by atoms with Crippen LogP contribution in [-0.2, 0) is 6.42 Å². The largest absolute Gasteiger partial charge is 0.233 e. The zero-order valence-electron chi connectivity index (χ0n) is 10.9. The number of nitrogens with zero attached hydrogens (tertiary/aromatic N) is 3. The average molecular weight is 272 g/mol. The summed E-state index contributed by atoms with van der Waals surface area (Å²) in [6, 6.07) is 12.2. The van der Waals surface area contributed by atoms with Crippen LogP contribution in [0.1, 0.15) is 22.5 Å². The molecule has 0 bridgehead atoms. The highest BCUT2D eigenvalue weighted by Crippen LogP contribution is 2.21. The van der Waals surface area contributed by atoms with E-state index in [1.807, 2.05) is 38.1 Å². The lowest BCUT2D eigenvalue weighted by Crippen LogP contribution is -1.96. The Hall–Kier alpha value is -1.87. The molecule has 0 saturated heterocycles. The molecular weight excluding hydrogens is 258 g/mol. The van der Waals surface area contributed by atoms with E-state index in [-0.39, 0.29) is 0 Å². The molecule has 96 valence electrons. The molecule has 2 aromatic heterocycles. The number of halogens is 1. The zero-order chi connectivity index (χ0) is 13.4. The van der Waals surface area contributed by atoms with E-state index in [4.69, 9.17) is 11.6 Å². The van der Waals surface area contributed by atoms with Gasteiger partial charge >= 0.3 is 0 Å². The van der Waals surface area contributed by atoms with Crippen molar-refractivity contribution >= 4 is 17.2 Å². The molecule has 3 rings (SSSR count). The average Bonchev–Trinajstić information content (AvgIpc) is 2.69. The zero-order valence-corrected chi connectivity index (χ0v) is 11.6. The summed E-state index contributed by atoms with van der Waals surface area (Å²) in [5.41, 5.74) is 5.12. The lowest BCUT2D eigenvalue weighted by atomic mass is 10.1. The summed E-state index contributed by atoms with van der Waals surface area (Å²) >= 11 is 6.21. The maximum Gasteiger partial charge on any atom is 0.160 e. The Labute approximate surface area is 116 Å². The monoisotopic (exact) mass is 271 g/mol. The third-order valence-corrected chi connectivity index (χ3v) is 3.46. The van der Waals surface area contributed by atoms with Gasteiger partial charge in [0.05, 0.1) is 5.69 Å². The van der Waals surface area contributed by atoms with E-state index in [0.717, 1.165) is 29.0 Å². The first-order valence-corrected chi connectivity index (χ1v) is 6.58. The van der Waals surface area contributed by atoms with Crippen LogP contribution < -0.4 is 0 Å². The lowest BCUT2D eigenvalue weighted by Gasteiger charge is -2.02. The van der Waals surface area contributed by atoms with Gasteiger partial charge in [-0.25, -0.2) is 9.50 Å². The van der Waals surface area contributed by atoms with E-state index in [2.05, 4.69) is 22.2 Å². The second-order valence-corrected chi connectivity index (χ2v) is 5.07. The minimum Gasteiger partial charge on any atom is -0.233 e. The SMILES string of the molecule is Cc1cc(Cl)n2nc(C)c(Cc3ccccc3)c2n1. The molecular formula is C15H14ClN3. The van der Waals surface area contributed by atoms with Crippen molar-refractivity contribution in [2.45, 2.75) is 20.3 Å². The van der Waals surface area contributed by atoms with E-state index in [1.165, 1.54) is 5.56 Å². The topological polar surface area (TPSA) is 30.2 Å². The first-order valence-electron chi connectivity index (χ1n) is 6.20. The predicted molar refractivity (Wildman–Crippen MR) is 76.7 cm³/mol. The van der Waals surface area contributed by atoms with Crippen molar-refractivity contribution in [3.05, 3.63) is 64.1 Å². The number of benzene rings is 1. The van der Waals surface area contributed by atoms with Crippen LogP contribution in [-0.4, -0.2) is 14.6 Å². The second kappa shape index (κ2) is 4.67. The van der Waals surface area contributed by atoms with Crippen molar-refractivity contribution in [3.63, 3.8) is 0 Å². The van der Waals surface area contributed by atoms with Crippen molar-refractivity contribution in [2.24, 2.45) is 0 Å². The molecule has 0 fully saturated rings. The number of aryl methyl sites for hydroxylation is 2. The Kier molecular flexibility index (Phi) is 2.99. The molecule has 1 aromatic carbocycles. The number of hydrogen-bond acceptors (Lipinski definition) is 2. The molecule has 3 aromatic rings. The van der Waals surface area contributed by atoms with Crippen molar-refractivity contribution in [2.75, 3.05) is 0 Å². The third kappa shape index (κ3) is 2.22. The van der Waals surface area contributed by atoms with Crippen LogP contribution in [0.4, 0.5) is 0 Å². The van der Waals surface area contributed by atoms with Gasteiger partial charge in [0, 0.05) is 17.7 Å². The van der Waals surface area contributed by atoms with E-state index < -0.39 is 0 Å². The first-order chi connectivity index (χ1) is 9.15. The van der Waals surface area contributed by atoms with Gasteiger partial charge in [0.2, 0.25) is 0 Å². The molecule has 19 heavy (non-hydrogen) atoms. The first kappa shape index (κ1) is 12.2. The summed E-state index contributed by atoms with van der Waals surface area (Å²) in [6.07, 6.45) is 0.822. The summed E-state index contributed by atoms with van der Waals surface area (Å²) in [5, 5.41) is 5.07. The number of fused-ring (bicyclic) bond motifs is 1. The number of aromatic nitrogens is 3. The normalized spacial score (nSPS) is 11.1. The Morgan fingerprint density at radius 1 is 1.16 bits per heavy atom. The van der Waals surface area contributed by atoms with Gasteiger partial charge in [-0.15, -0.1) is 0 Å². The summed E-state index contributed by atoms with van der Waals surface area (Å²) in [6.45, 7) is 3.94. The van der Waals surface area contributed by atoms with Gasteiger partial charge in [-0.2, -0.15) is 5.10 Å². The molecule has 0 unspecified atom stereocenters. The van der Waals surface area contributed by atoms with Crippen molar-refractivity contribution in [1.29, 1.82) is 0 Å². The van der Waals surface area contributed by atoms with E-state index in [0.29, 0.717) is 5.15 Å². The smallest absolute Gasteiger partial charge is 0.160 e. The van der Waals surface area contributed by atoms with Gasteiger partial charge in [-0.1, -0.05) is 41.9 Å². The number of rotatable bonds is 2. The minimum atomic E-state index is 0.602. The maximum atomic E-state index is 6.21. The molecule has 0 N–H and O–H groups in total. The molecule has 0 atom stereocenters. The Morgan fingerprint density at radius 2 is 1.89 bits per heavy atom. The summed E-state index contributed by atoms with van der Waals surface area (Å²) < 4.78 is 1.71. The van der Waals surface area contributed by atoms with E-state index in [1.54, 1.807) is 4.52 Å². The van der Waals surface area contributed by atoms with Gasteiger partial charge < -0.3 is 0 Å². The van der Waals surface area contributed by atoms with Crippen LogP contribution in [0.15, 0.2) is 36.4 Å². The highest BCUT2D eigenvalue weighted by atomic mass is 35.5. The Bertz CT molecular complexity index is 732. The lowest BCUT2D eigenvalue weighted by molar-refractivity contribution is 0.910. The predicted octanol–water partition coefficient (Wildman–Crippen LogP) is 3.59. The van der Waals surface area contributed by atoms with E-state index in [9.17, 15) is 0 Å². The Morgan fingerprint density at radius 3 is 2.63 bits per heavy atom. The van der Waals surface area contributed by atoms with Crippen LogP contribution in [0, 0.1) is 13.8 Å². The molecule has 0 spiro atoms. The quantitative estimate of drug-likeness (QED) is 0.667. The highest BCUT2D eigenvalue weighted by Gasteiger charge is 2.13. The Balaban J connectivity index is 2.15. The van der Waals surface area contributed by atoms with Crippen LogP contribution in [0.2, 0.25) is 5.15 Å². The van der Waals surface area contributed by atoms with Crippen molar-refractivity contribution in [3.8, 4) is 0 Å². The number of hydrogen-bond donors (Lipinski definition) is 0.